The van der Waals surface area contributed by atoms with Crippen LogP contribution in [0.4, 0.5) is 0 Å². The van der Waals surface area contributed by atoms with Crippen LogP contribution in [0.2, 0.25) is 5.02 Å². The Morgan fingerprint density at radius 2 is 1.83 bits per heavy atom. The third-order valence-electron chi connectivity index (χ3n) is 7.69. The molecule has 0 aromatic heterocycles. The van der Waals surface area contributed by atoms with Crippen LogP contribution in [0, 0.1) is 11.8 Å². The highest BCUT2D eigenvalue weighted by atomic mass is 35.5. The van der Waals surface area contributed by atoms with E-state index in [1.165, 1.54) is 70.4 Å². The molecule has 0 radical (unpaired) electrons. The minimum Gasteiger partial charge on any atom is -0.304 e. The van der Waals surface area contributed by atoms with Crippen molar-refractivity contribution in [3.63, 3.8) is 0 Å². The van der Waals surface area contributed by atoms with Crippen molar-refractivity contribution in [1.29, 1.82) is 0 Å². The summed E-state index contributed by atoms with van der Waals surface area (Å²) in [6.45, 7) is 13.6. The summed E-state index contributed by atoms with van der Waals surface area (Å²) in [5.41, 5.74) is 1.57. The maximum atomic E-state index is 6.26. The van der Waals surface area contributed by atoms with Crippen LogP contribution in [0.25, 0.3) is 0 Å². The third-order valence-corrected chi connectivity index (χ3v) is 7.94. The topological polar surface area (TPSA) is 9.72 Å². The highest BCUT2D eigenvalue weighted by Gasteiger charge is 2.46. The fraction of sp³-hybridized carbons (Fsp3) is 0.680. The van der Waals surface area contributed by atoms with Crippen LogP contribution >= 0.6 is 11.6 Å². The molecular formula is C25H38ClN3. The Bertz CT molecular complexity index is 678. The van der Waals surface area contributed by atoms with Gasteiger partial charge in [-0.15, -0.1) is 6.58 Å². The van der Waals surface area contributed by atoms with Crippen molar-refractivity contribution in [3.8, 4) is 0 Å². The summed E-state index contributed by atoms with van der Waals surface area (Å²) in [5, 5.41) is 0.834. The van der Waals surface area contributed by atoms with E-state index in [4.69, 9.17) is 11.6 Å². The summed E-state index contributed by atoms with van der Waals surface area (Å²) in [7, 11) is 2.25. The van der Waals surface area contributed by atoms with E-state index in [9.17, 15) is 0 Å². The zero-order valence-corrected chi connectivity index (χ0v) is 19.1. The first-order valence-corrected chi connectivity index (χ1v) is 11.9. The molecule has 1 heterocycles. The van der Waals surface area contributed by atoms with E-state index in [1.807, 2.05) is 0 Å². The van der Waals surface area contributed by atoms with Crippen LogP contribution in [0.15, 0.2) is 36.9 Å². The van der Waals surface area contributed by atoms with E-state index in [0.717, 1.165) is 23.5 Å². The van der Waals surface area contributed by atoms with Crippen molar-refractivity contribution in [2.24, 2.45) is 11.8 Å². The fourth-order valence-corrected chi connectivity index (χ4v) is 5.95. The van der Waals surface area contributed by atoms with Crippen molar-refractivity contribution >= 4 is 11.6 Å². The predicted molar refractivity (Wildman–Crippen MR) is 123 cm³/mol. The van der Waals surface area contributed by atoms with Gasteiger partial charge in [0.05, 0.1) is 0 Å². The molecule has 0 bridgehead atoms. The van der Waals surface area contributed by atoms with Gasteiger partial charge in [0.2, 0.25) is 0 Å². The Morgan fingerprint density at radius 3 is 2.41 bits per heavy atom. The first kappa shape index (κ1) is 21.4. The predicted octanol–water partition coefficient (Wildman–Crippen LogP) is 4.87. The van der Waals surface area contributed by atoms with Gasteiger partial charge < -0.3 is 4.90 Å². The van der Waals surface area contributed by atoms with E-state index < -0.39 is 0 Å². The van der Waals surface area contributed by atoms with Gasteiger partial charge in [0.15, 0.2) is 0 Å². The Morgan fingerprint density at radius 1 is 1.14 bits per heavy atom. The van der Waals surface area contributed by atoms with Crippen molar-refractivity contribution in [2.45, 2.75) is 50.6 Å². The molecule has 4 rings (SSSR count). The molecule has 2 saturated carbocycles. The van der Waals surface area contributed by atoms with Gasteiger partial charge in [-0.3, -0.25) is 9.80 Å². The lowest BCUT2D eigenvalue weighted by molar-refractivity contribution is -0.0184. The standard InChI is InChI=1S/C25H38ClN3/c1-4-13-29(19-21-5-6-21)25(22-7-9-23(26)10-8-22)12-11-24(20(2)18-25)28-16-14-27(3)15-17-28/h4,7-10,20-21,24H,1,5-6,11-19H2,2-3H3. The second-order valence-electron chi connectivity index (χ2n) is 9.80. The average Bonchev–Trinajstić information content (AvgIpc) is 3.53. The third kappa shape index (κ3) is 4.74. The molecule has 1 saturated heterocycles. The van der Waals surface area contributed by atoms with Crippen LogP contribution in [0.5, 0.6) is 0 Å². The van der Waals surface area contributed by atoms with Gasteiger partial charge in [0.1, 0.15) is 0 Å². The number of likely N-dealkylation sites (N-methyl/N-ethyl adjacent to an activating group) is 1. The molecule has 1 aromatic carbocycles. The van der Waals surface area contributed by atoms with Crippen molar-refractivity contribution in [2.75, 3.05) is 46.3 Å². The molecule has 0 spiro atoms. The van der Waals surface area contributed by atoms with Gasteiger partial charge in [0, 0.05) is 55.9 Å². The number of nitrogens with zero attached hydrogens (tertiary/aromatic N) is 3. The van der Waals surface area contributed by atoms with Gasteiger partial charge in [-0.05, 0) is 68.7 Å². The van der Waals surface area contributed by atoms with Crippen molar-refractivity contribution in [3.05, 3.63) is 47.5 Å². The van der Waals surface area contributed by atoms with E-state index >= 15 is 0 Å². The fourth-order valence-electron chi connectivity index (χ4n) is 5.82. The molecular weight excluding hydrogens is 378 g/mol. The Balaban J connectivity index is 1.59. The van der Waals surface area contributed by atoms with E-state index in [2.05, 4.69) is 65.6 Å². The van der Waals surface area contributed by atoms with E-state index in [-0.39, 0.29) is 5.54 Å². The van der Waals surface area contributed by atoms with E-state index in [1.54, 1.807) is 0 Å². The lowest BCUT2D eigenvalue weighted by atomic mass is 9.68. The van der Waals surface area contributed by atoms with Gasteiger partial charge in [-0.2, -0.15) is 0 Å². The largest absolute Gasteiger partial charge is 0.304 e. The zero-order valence-electron chi connectivity index (χ0n) is 18.3. The molecule has 3 nitrogen and oxygen atoms in total. The molecule has 3 atom stereocenters. The number of rotatable bonds is 7. The molecule has 160 valence electrons. The monoisotopic (exact) mass is 415 g/mol. The minimum atomic E-state index is 0.115. The number of piperazine rings is 1. The Kier molecular flexibility index (Phi) is 6.70. The van der Waals surface area contributed by atoms with Crippen LogP contribution in [-0.2, 0) is 5.54 Å². The summed E-state index contributed by atoms with van der Waals surface area (Å²) in [6, 6.07) is 9.45. The normalized spacial score (nSPS) is 31.9. The zero-order chi connectivity index (χ0) is 20.4. The molecule has 29 heavy (non-hydrogen) atoms. The van der Waals surface area contributed by atoms with Crippen molar-refractivity contribution < 1.29 is 0 Å². The SMILES string of the molecule is C=CCN(CC1CC1)C1(c2ccc(Cl)cc2)CCC(N2CCN(C)CC2)C(C)C1. The lowest BCUT2D eigenvalue weighted by Gasteiger charge is -2.53. The summed E-state index contributed by atoms with van der Waals surface area (Å²) >= 11 is 6.26. The highest BCUT2D eigenvalue weighted by molar-refractivity contribution is 6.30. The molecule has 3 aliphatic rings. The van der Waals surface area contributed by atoms with Crippen LogP contribution in [0.3, 0.4) is 0 Å². The second-order valence-corrected chi connectivity index (χ2v) is 10.2. The second kappa shape index (κ2) is 9.09. The Labute approximate surface area is 182 Å². The van der Waals surface area contributed by atoms with Gasteiger partial charge >= 0.3 is 0 Å². The molecule has 3 unspecified atom stereocenters. The number of hydrogen-bond donors (Lipinski definition) is 0. The maximum Gasteiger partial charge on any atom is 0.0467 e. The van der Waals surface area contributed by atoms with Gasteiger partial charge in [0.25, 0.3) is 0 Å². The quantitative estimate of drug-likeness (QED) is 0.588. The lowest BCUT2D eigenvalue weighted by Crippen LogP contribution is -2.57. The molecule has 3 fully saturated rings. The number of benzene rings is 1. The van der Waals surface area contributed by atoms with Crippen LogP contribution < -0.4 is 0 Å². The molecule has 0 N–H and O–H groups in total. The highest BCUT2D eigenvalue weighted by Crippen LogP contribution is 2.47. The van der Waals surface area contributed by atoms with Gasteiger partial charge in [-0.25, -0.2) is 0 Å². The van der Waals surface area contributed by atoms with Gasteiger partial charge in [-0.1, -0.05) is 36.7 Å². The summed E-state index contributed by atoms with van der Waals surface area (Å²) in [5.74, 6) is 1.57. The van der Waals surface area contributed by atoms with Crippen LogP contribution in [0.1, 0.15) is 44.6 Å². The molecule has 1 aromatic rings. The smallest absolute Gasteiger partial charge is 0.0467 e. The summed E-state index contributed by atoms with van der Waals surface area (Å²) in [4.78, 5) is 8.00. The molecule has 1 aliphatic heterocycles. The van der Waals surface area contributed by atoms with Crippen LogP contribution in [-0.4, -0.2) is 67.1 Å². The summed E-state index contributed by atoms with van der Waals surface area (Å²) < 4.78 is 0. The molecule has 4 heteroatoms. The first-order valence-electron chi connectivity index (χ1n) is 11.6. The Hall–Kier alpha value is -0.870. The number of halogens is 1. The molecule has 2 aliphatic carbocycles. The molecule has 0 amide bonds. The van der Waals surface area contributed by atoms with Crippen molar-refractivity contribution in [1.82, 2.24) is 14.7 Å². The minimum absolute atomic E-state index is 0.115. The number of hydrogen-bond acceptors (Lipinski definition) is 3. The first-order chi connectivity index (χ1) is 14.0. The average molecular weight is 416 g/mol. The summed E-state index contributed by atoms with van der Waals surface area (Å²) in [6.07, 6.45) is 8.64. The van der Waals surface area contributed by atoms with E-state index in [0.29, 0.717) is 5.92 Å². The maximum absolute atomic E-state index is 6.26.